The molecule has 6 heteroatoms. The van der Waals surface area contributed by atoms with Crippen molar-refractivity contribution in [2.45, 2.75) is 38.1 Å². The Bertz CT molecular complexity index is 552. The molecule has 1 amide bonds. The summed E-state index contributed by atoms with van der Waals surface area (Å²) in [4.78, 5) is 25.9. The van der Waals surface area contributed by atoms with Crippen molar-refractivity contribution >= 4 is 35.2 Å². The molecule has 0 saturated carbocycles. The molecule has 0 bridgehead atoms. The number of unbranched alkanes of at least 4 members (excludes halogenated alkanes) is 1. The van der Waals surface area contributed by atoms with E-state index in [4.69, 9.17) is 16.3 Å². The van der Waals surface area contributed by atoms with E-state index in [2.05, 4.69) is 0 Å². The summed E-state index contributed by atoms with van der Waals surface area (Å²) in [6.45, 7) is 3.91. The molecule has 4 nitrogen and oxygen atoms in total. The molecular formula is C16H20ClNO3S. The molecule has 22 heavy (non-hydrogen) atoms. The van der Waals surface area contributed by atoms with Crippen molar-refractivity contribution < 1.29 is 14.3 Å². The molecule has 1 fully saturated rings. The van der Waals surface area contributed by atoms with E-state index in [0.29, 0.717) is 17.4 Å². The Morgan fingerprint density at radius 2 is 2.14 bits per heavy atom. The fourth-order valence-electron chi connectivity index (χ4n) is 2.40. The number of hydrogen-bond acceptors (Lipinski definition) is 4. The normalized spacial score (nSPS) is 21.0. The largest absolute Gasteiger partial charge is 0.464 e. The van der Waals surface area contributed by atoms with Crippen LogP contribution in [0.1, 0.15) is 37.6 Å². The van der Waals surface area contributed by atoms with Crippen LogP contribution in [0.15, 0.2) is 24.3 Å². The van der Waals surface area contributed by atoms with Gasteiger partial charge in [-0.3, -0.25) is 4.79 Å². The van der Waals surface area contributed by atoms with Gasteiger partial charge in [0.2, 0.25) is 5.91 Å². The van der Waals surface area contributed by atoms with Crippen molar-refractivity contribution in [1.29, 1.82) is 0 Å². The summed E-state index contributed by atoms with van der Waals surface area (Å²) in [7, 11) is 0. The first kappa shape index (κ1) is 17.2. The van der Waals surface area contributed by atoms with Crippen LogP contribution in [-0.2, 0) is 14.3 Å². The van der Waals surface area contributed by atoms with Gasteiger partial charge in [0.15, 0.2) is 0 Å². The van der Waals surface area contributed by atoms with Gasteiger partial charge in [0.05, 0.1) is 6.61 Å². The molecule has 0 unspecified atom stereocenters. The molecule has 1 aliphatic rings. The predicted octanol–water partition coefficient (Wildman–Crippen LogP) is 3.65. The van der Waals surface area contributed by atoms with Gasteiger partial charge in [-0.25, -0.2) is 4.79 Å². The summed E-state index contributed by atoms with van der Waals surface area (Å²) in [5, 5.41) is 0.362. The Labute approximate surface area is 140 Å². The van der Waals surface area contributed by atoms with Crippen LogP contribution in [0.5, 0.6) is 0 Å². The molecule has 1 saturated heterocycles. The fraction of sp³-hybridized carbons (Fsp3) is 0.500. The Kier molecular flexibility index (Phi) is 6.15. The summed E-state index contributed by atoms with van der Waals surface area (Å²) >= 11 is 7.78. The quantitative estimate of drug-likeness (QED) is 0.606. The number of thioether (sulfide) groups is 1. The number of benzene rings is 1. The Morgan fingerprint density at radius 1 is 1.41 bits per heavy atom. The smallest absolute Gasteiger partial charge is 0.329 e. The number of carbonyl (C=O) groups is 2. The average Bonchev–Trinajstić information content (AvgIpc) is 2.93. The number of halogens is 1. The second-order valence-electron chi connectivity index (χ2n) is 5.17. The van der Waals surface area contributed by atoms with E-state index in [-0.39, 0.29) is 17.3 Å². The van der Waals surface area contributed by atoms with Crippen LogP contribution in [0.3, 0.4) is 0 Å². The highest BCUT2D eigenvalue weighted by Crippen LogP contribution is 2.43. The molecule has 120 valence electrons. The molecule has 0 aliphatic carbocycles. The summed E-state index contributed by atoms with van der Waals surface area (Å²) in [6.07, 6.45) is 1.80. The minimum atomic E-state index is -0.541. The second kappa shape index (κ2) is 7.88. The highest BCUT2D eigenvalue weighted by Gasteiger charge is 2.42. The van der Waals surface area contributed by atoms with Gasteiger partial charge in [-0.15, -0.1) is 11.8 Å². The molecule has 0 radical (unpaired) electrons. The Balaban J connectivity index is 2.16. The molecule has 0 spiro atoms. The number of amides is 1. The number of esters is 1. The third-order valence-corrected chi connectivity index (χ3v) is 5.20. The van der Waals surface area contributed by atoms with Crippen LogP contribution in [0.2, 0.25) is 5.02 Å². The number of rotatable bonds is 5. The second-order valence-corrected chi connectivity index (χ2v) is 6.69. The number of hydrogen-bond donors (Lipinski definition) is 0. The van der Waals surface area contributed by atoms with Crippen molar-refractivity contribution in [2.24, 2.45) is 0 Å². The van der Waals surface area contributed by atoms with Crippen molar-refractivity contribution in [2.75, 3.05) is 12.4 Å². The van der Waals surface area contributed by atoms with Crippen molar-refractivity contribution in [3.8, 4) is 0 Å². The fourth-order valence-corrected chi connectivity index (χ4v) is 4.21. The van der Waals surface area contributed by atoms with Crippen LogP contribution in [-0.4, -0.2) is 35.2 Å². The zero-order valence-corrected chi connectivity index (χ0v) is 14.3. The van der Waals surface area contributed by atoms with Crippen LogP contribution in [0.4, 0.5) is 0 Å². The van der Waals surface area contributed by atoms with E-state index in [1.54, 1.807) is 22.7 Å². The van der Waals surface area contributed by atoms with Crippen LogP contribution in [0.25, 0.3) is 0 Å². The van der Waals surface area contributed by atoms with E-state index in [9.17, 15) is 9.59 Å². The van der Waals surface area contributed by atoms with Crippen molar-refractivity contribution in [3.63, 3.8) is 0 Å². The standard InChI is InChI=1S/C16H20ClNO3S/c1-3-4-9-21-16(20)14-10-22-15(18(14)11(2)19)12-7-5-6-8-13(12)17/h5-8,14-15H,3-4,9-10H2,1-2H3/t14-,15+/m1/s1. The molecule has 1 aromatic rings. The Hall–Kier alpha value is -1.20. The molecule has 0 N–H and O–H groups in total. The third kappa shape index (κ3) is 3.76. The zero-order valence-electron chi connectivity index (χ0n) is 12.8. The van der Waals surface area contributed by atoms with Crippen LogP contribution in [0, 0.1) is 0 Å². The first-order valence-electron chi connectivity index (χ1n) is 7.37. The monoisotopic (exact) mass is 341 g/mol. The third-order valence-electron chi connectivity index (χ3n) is 3.55. The maximum atomic E-state index is 12.2. The van der Waals surface area contributed by atoms with E-state index < -0.39 is 6.04 Å². The van der Waals surface area contributed by atoms with Gasteiger partial charge < -0.3 is 9.64 Å². The number of nitrogens with zero attached hydrogens (tertiary/aromatic N) is 1. The predicted molar refractivity (Wildman–Crippen MR) is 88.8 cm³/mol. The highest BCUT2D eigenvalue weighted by molar-refractivity contribution is 7.99. The van der Waals surface area contributed by atoms with Gasteiger partial charge in [-0.05, 0) is 12.5 Å². The van der Waals surface area contributed by atoms with E-state index in [1.807, 2.05) is 25.1 Å². The number of ether oxygens (including phenoxy) is 1. The van der Waals surface area contributed by atoms with E-state index in [0.717, 1.165) is 18.4 Å². The van der Waals surface area contributed by atoms with Crippen molar-refractivity contribution in [3.05, 3.63) is 34.9 Å². The van der Waals surface area contributed by atoms with Crippen molar-refractivity contribution in [1.82, 2.24) is 4.90 Å². The highest BCUT2D eigenvalue weighted by atomic mass is 35.5. The summed E-state index contributed by atoms with van der Waals surface area (Å²) in [6, 6.07) is 6.87. The summed E-state index contributed by atoms with van der Waals surface area (Å²) < 4.78 is 5.28. The van der Waals surface area contributed by atoms with Gasteiger partial charge in [-0.2, -0.15) is 0 Å². The van der Waals surface area contributed by atoms with Gasteiger partial charge in [0.25, 0.3) is 0 Å². The SMILES string of the molecule is CCCCOC(=O)[C@H]1CS[C@@H](c2ccccc2Cl)N1C(C)=O. The van der Waals surface area contributed by atoms with Gasteiger partial charge >= 0.3 is 5.97 Å². The first-order chi connectivity index (χ1) is 10.6. The maximum absolute atomic E-state index is 12.2. The molecule has 1 aliphatic heterocycles. The molecule has 1 aromatic carbocycles. The number of carbonyl (C=O) groups excluding carboxylic acids is 2. The minimum Gasteiger partial charge on any atom is -0.464 e. The van der Waals surface area contributed by atoms with Gasteiger partial charge in [0.1, 0.15) is 11.4 Å². The molecule has 2 rings (SSSR count). The van der Waals surface area contributed by atoms with Gasteiger partial charge in [-0.1, -0.05) is 43.1 Å². The Morgan fingerprint density at radius 3 is 2.77 bits per heavy atom. The van der Waals surface area contributed by atoms with E-state index >= 15 is 0 Å². The topological polar surface area (TPSA) is 46.6 Å². The summed E-state index contributed by atoms with van der Waals surface area (Å²) in [5.74, 6) is 0.0542. The lowest BCUT2D eigenvalue weighted by molar-refractivity contribution is -0.153. The molecule has 1 heterocycles. The van der Waals surface area contributed by atoms with E-state index in [1.165, 1.54) is 6.92 Å². The molecule has 0 aromatic heterocycles. The van der Waals surface area contributed by atoms with Gasteiger partial charge in [0, 0.05) is 23.3 Å². The molecular weight excluding hydrogens is 322 g/mol. The molecule has 2 atom stereocenters. The first-order valence-corrected chi connectivity index (χ1v) is 8.80. The van der Waals surface area contributed by atoms with Crippen LogP contribution >= 0.6 is 23.4 Å². The lowest BCUT2D eigenvalue weighted by Crippen LogP contribution is -2.42. The lowest BCUT2D eigenvalue weighted by atomic mass is 10.1. The summed E-state index contributed by atoms with van der Waals surface area (Å²) in [5.41, 5.74) is 0.855. The minimum absolute atomic E-state index is 0.146. The van der Waals surface area contributed by atoms with Crippen LogP contribution < -0.4 is 0 Å². The lowest BCUT2D eigenvalue weighted by Gasteiger charge is -2.27. The average molecular weight is 342 g/mol. The maximum Gasteiger partial charge on any atom is 0.329 e. The zero-order chi connectivity index (χ0) is 16.1.